The Bertz CT molecular complexity index is 424. The minimum atomic E-state index is 0.171. The maximum Gasteiger partial charge on any atom is 0.170 e. The number of carbonyl (C=O) groups is 1. The van der Waals surface area contributed by atoms with E-state index in [4.69, 9.17) is 4.74 Å². The van der Waals surface area contributed by atoms with Gasteiger partial charge in [-0.2, -0.15) is 0 Å². The summed E-state index contributed by atoms with van der Waals surface area (Å²) >= 11 is 0. The molecule has 1 aliphatic heterocycles. The molecule has 3 heteroatoms. The lowest BCUT2D eigenvalue weighted by Crippen LogP contribution is -2.15. The van der Waals surface area contributed by atoms with Crippen LogP contribution < -0.4 is 10.1 Å². The van der Waals surface area contributed by atoms with Crippen LogP contribution in [0.25, 0.3) is 6.08 Å². The zero-order valence-corrected chi connectivity index (χ0v) is 9.32. The van der Waals surface area contributed by atoms with Crippen molar-refractivity contribution >= 4 is 11.9 Å². The number of likely N-dealkylation sites (N-methyl/N-ethyl adjacent to an activating group) is 1. The van der Waals surface area contributed by atoms with Crippen molar-refractivity contribution in [2.45, 2.75) is 6.42 Å². The van der Waals surface area contributed by atoms with E-state index in [0.717, 1.165) is 12.1 Å². The summed E-state index contributed by atoms with van der Waals surface area (Å²) in [5, 5.41) is 3.03. The number of ether oxygens (including phenoxy) is 1. The third kappa shape index (κ3) is 2.31. The molecule has 0 unspecified atom stereocenters. The Morgan fingerprint density at radius 1 is 1.50 bits per heavy atom. The molecule has 0 atom stereocenters. The molecule has 0 bridgehead atoms. The highest BCUT2D eigenvalue weighted by Crippen LogP contribution is 2.25. The molecule has 0 saturated heterocycles. The van der Waals surface area contributed by atoms with E-state index in [1.165, 1.54) is 0 Å². The lowest BCUT2D eigenvalue weighted by molar-refractivity contribution is 0.0933. The van der Waals surface area contributed by atoms with E-state index in [1.54, 1.807) is 0 Å². The highest BCUT2D eigenvalue weighted by atomic mass is 16.5. The summed E-state index contributed by atoms with van der Waals surface area (Å²) in [6.45, 7) is 1.32. The second-order valence-electron chi connectivity index (χ2n) is 3.74. The van der Waals surface area contributed by atoms with Crippen LogP contribution in [0.4, 0.5) is 0 Å². The number of hydrogen-bond donors (Lipinski definition) is 1. The summed E-state index contributed by atoms with van der Waals surface area (Å²) in [5.41, 5.74) is 1.74. The third-order valence-electron chi connectivity index (χ3n) is 2.52. The Hall–Kier alpha value is -1.61. The molecule has 1 N–H and O–H groups in total. The SMILES string of the molecule is CNCC=Cc1ccc2c(c1)C(=O)CCO2. The van der Waals surface area contributed by atoms with E-state index < -0.39 is 0 Å². The van der Waals surface area contributed by atoms with Crippen LogP contribution in [0.2, 0.25) is 0 Å². The van der Waals surface area contributed by atoms with Crippen molar-refractivity contribution in [2.24, 2.45) is 0 Å². The van der Waals surface area contributed by atoms with Gasteiger partial charge >= 0.3 is 0 Å². The molecule has 0 saturated carbocycles. The average molecular weight is 217 g/mol. The average Bonchev–Trinajstić information content (AvgIpc) is 2.30. The Labute approximate surface area is 95.1 Å². The smallest absolute Gasteiger partial charge is 0.170 e. The summed E-state index contributed by atoms with van der Waals surface area (Å²) < 4.78 is 5.42. The van der Waals surface area contributed by atoms with Crippen LogP contribution in [0, 0.1) is 0 Å². The first-order valence-corrected chi connectivity index (χ1v) is 5.42. The normalized spacial score (nSPS) is 14.9. The topological polar surface area (TPSA) is 38.3 Å². The molecule has 1 heterocycles. The van der Waals surface area contributed by atoms with Gasteiger partial charge in [-0.3, -0.25) is 4.79 Å². The number of hydrogen-bond acceptors (Lipinski definition) is 3. The Kier molecular flexibility index (Phi) is 3.37. The molecular weight excluding hydrogens is 202 g/mol. The Morgan fingerprint density at radius 2 is 2.38 bits per heavy atom. The first-order valence-electron chi connectivity index (χ1n) is 5.42. The van der Waals surface area contributed by atoms with Crippen LogP contribution in [-0.4, -0.2) is 26.0 Å². The van der Waals surface area contributed by atoms with Gasteiger partial charge in [-0.05, 0) is 24.7 Å². The van der Waals surface area contributed by atoms with Crippen molar-refractivity contribution in [1.82, 2.24) is 5.32 Å². The van der Waals surface area contributed by atoms with E-state index in [9.17, 15) is 4.79 Å². The molecular formula is C13H15NO2. The molecule has 0 fully saturated rings. The number of rotatable bonds is 3. The van der Waals surface area contributed by atoms with Crippen LogP contribution in [0.5, 0.6) is 5.75 Å². The fraction of sp³-hybridized carbons (Fsp3) is 0.308. The summed E-state index contributed by atoms with van der Waals surface area (Å²) in [6.07, 6.45) is 4.51. The minimum Gasteiger partial charge on any atom is -0.492 e. The molecule has 0 aromatic heterocycles. The highest BCUT2D eigenvalue weighted by Gasteiger charge is 2.17. The molecule has 0 aliphatic carbocycles. The zero-order valence-electron chi connectivity index (χ0n) is 9.32. The lowest BCUT2D eigenvalue weighted by atomic mass is 10.0. The fourth-order valence-corrected chi connectivity index (χ4v) is 1.70. The van der Waals surface area contributed by atoms with Crippen molar-refractivity contribution in [1.29, 1.82) is 0 Å². The number of Topliss-reactive ketones (excluding diaryl/α,β-unsaturated/α-hetero) is 1. The predicted molar refractivity (Wildman–Crippen MR) is 63.8 cm³/mol. The molecule has 16 heavy (non-hydrogen) atoms. The van der Waals surface area contributed by atoms with Gasteiger partial charge in [0.1, 0.15) is 5.75 Å². The molecule has 2 rings (SSSR count). The Balaban J connectivity index is 2.23. The maximum absolute atomic E-state index is 11.7. The zero-order chi connectivity index (χ0) is 11.4. The molecule has 0 spiro atoms. The molecule has 1 aromatic rings. The monoisotopic (exact) mass is 217 g/mol. The number of carbonyl (C=O) groups excluding carboxylic acids is 1. The molecule has 0 radical (unpaired) electrons. The van der Waals surface area contributed by atoms with Gasteiger partial charge in [0.25, 0.3) is 0 Å². The van der Waals surface area contributed by atoms with E-state index in [-0.39, 0.29) is 5.78 Å². The highest BCUT2D eigenvalue weighted by molar-refractivity contribution is 6.00. The van der Waals surface area contributed by atoms with Crippen molar-refractivity contribution in [3.63, 3.8) is 0 Å². The number of benzene rings is 1. The standard InChI is InChI=1S/C13H15NO2/c1-14-7-2-3-10-4-5-13-11(9-10)12(15)6-8-16-13/h2-5,9,14H,6-8H2,1H3. The third-order valence-corrected chi connectivity index (χ3v) is 2.52. The van der Waals surface area contributed by atoms with E-state index in [1.807, 2.05) is 37.4 Å². The van der Waals surface area contributed by atoms with Crippen LogP contribution in [0.3, 0.4) is 0 Å². The lowest BCUT2D eigenvalue weighted by Gasteiger charge is -2.16. The number of fused-ring (bicyclic) bond motifs is 1. The number of nitrogens with one attached hydrogen (secondary N) is 1. The van der Waals surface area contributed by atoms with Crippen LogP contribution in [0.15, 0.2) is 24.3 Å². The fourth-order valence-electron chi connectivity index (χ4n) is 1.70. The van der Waals surface area contributed by atoms with Crippen LogP contribution in [0.1, 0.15) is 22.3 Å². The second-order valence-corrected chi connectivity index (χ2v) is 3.74. The summed E-state index contributed by atoms with van der Waals surface area (Å²) in [6, 6.07) is 5.72. The van der Waals surface area contributed by atoms with Crippen molar-refractivity contribution < 1.29 is 9.53 Å². The molecule has 0 amide bonds. The van der Waals surface area contributed by atoms with E-state index >= 15 is 0 Å². The first-order chi connectivity index (χ1) is 7.81. The molecule has 84 valence electrons. The molecule has 1 aromatic carbocycles. The quantitative estimate of drug-likeness (QED) is 0.840. The van der Waals surface area contributed by atoms with Gasteiger partial charge in [-0.25, -0.2) is 0 Å². The van der Waals surface area contributed by atoms with Crippen LogP contribution >= 0.6 is 0 Å². The molecule has 3 nitrogen and oxygen atoms in total. The van der Waals surface area contributed by atoms with Gasteiger partial charge in [-0.1, -0.05) is 18.2 Å². The van der Waals surface area contributed by atoms with Crippen molar-refractivity contribution in [3.05, 3.63) is 35.4 Å². The van der Waals surface area contributed by atoms with Gasteiger partial charge in [0.05, 0.1) is 12.2 Å². The summed E-state index contributed by atoms with van der Waals surface area (Å²) in [4.78, 5) is 11.7. The Morgan fingerprint density at radius 3 is 3.19 bits per heavy atom. The van der Waals surface area contributed by atoms with Gasteiger partial charge in [-0.15, -0.1) is 0 Å². The van der Waals surface area contributed by atoms with Gasteiger partial charge < -0.3 is 10.1 Å². The van der Waals surface area contributed by atoms with Gasteiger partial charge in [0.15, 0.2) is 5.78 Å². The summed E-state index contributed by atoms with van der Waals surface area (Å²) in [5.74, 6) is 0.882. The maximum atomic E-state index is 11.7. The number of ketones is 1. The second kappa shape index (κ2) is 4.94. The molecule has 1 aliphatic rings. The van der Waals surface area contributed by atoms with E-state index in [2.05, 4.69) is 5.32 Å². The van der Waals surface area contributed by atoms with E-state index in [0.29, 0.717) is 24.3 Å². The van der Waals surface area contributed by atoms with Crippen molar-refractivity contribution in [2.75, 3.05) is 20.2 Å². The predicted octanol–water partition coefficient (Wildman–Crippen LogP) is 1.88. The minimum absolute atomic E-state index is 0.171. The largest absolute Gasteiger partial charge is 0.492 e. The van der Waals surface area contributed by atoms with Gasteiger partial charge in [0.2, 0.25) is 0 Å². The van der Waals surface area contributed by atoms with Gasteiger partial charge in [0, 0.05) is 13.0 Å². The summed E-state index contributed by atoms with van der Waals surface area (Å²) in [7, 11) is 1.90. The van der Waals surface area contributed by atoms with Crippen LogP contribution in [-0.2, 0) is 0 Å². The first kappa shape index (κ1) is 10.9. The van der Waals surface area contributed by atoms with Crippen molar-refractivity contribution in [3.8, 4) is 5.75 Å².